The lowest BCUT2D eigenvalue weighted by Gasteiger charge is -2.35. The van der Waals surface area contributed by atoms with Crippen molar-refractivity contribution in [3.05, 3.63) is 41.5 Å². The normalized spacial score (nSPS) is 29.6. The Bertz CT molecular complexity index is 1090. The summed E-state index contributed by atoms with van der Waals surface area (Å²) in [5, 5.41) is 6.97. The van der Waals surface area contributed by atoms with Crippen LogP contribution < -0.4 is 16.1 Å². The maximum absolute atomic E-state index is 13.2. The highest BCUT2D eigenvalue weighted by Crippen LogP contribution is 2.22. The highest BCUT2D eigenvalue weighted by Gasteiger charge is 2.34. The third-order valence-electron chi connectivity index (χ3n) is 7.59. The summed E-state index contributed by atoms with van der Waals surface area (Å²) < 4.78 is 11.4. The first-order chi connectivity index (χ1) is 19.0. The van der Waals surface area contributed by atoms with Crippen LogP contribution in [0.3, 0.4) is 0 Å². The number of rotatable bonds is 2. The Morgan fingerprint density at radius 2 is 1.77 bits per heavy atom. The third-order valence-corrected chi connectivity index (χ3v) is 7.59. The van der Waals surface area contributed by atoms with Crippen LogP contribution in [-0.2, 0) is 28.7 Å². The lowest BCUT2D eigenvalue weighted by Crippen LogP contribution is -2.61. The van der Waals surface area contributed by atoms with Crippen molar-refractivity contribution in [1.29, 1.82) is 0 Å². The average molecular weight is 557 g/mol. The van der Waals surface area contributed by atoms with Gasteiger partial charge in [0.25, 0.3) is 5.91 Å². The van der Waals surface area contributed by atoms with E-state index >= 15 is 0 Å². The summed E-state index contributed by atoms with van der Waals surface area (Å²) in [5.74, 6) is -2.24. The zero-order chi connectivity index (χ0) is 29.4. The Balaban J connectivity index is 1.87. The highest BCUT2D eigenvalue weighted by molar-refractivity contribution is 5.92. The predicted octanol–water partition coefficient (Wildman–Crippen LogP) is 2.89. The minimum atomic E-state index is -0.872. The lowest BCUT2D eigenvalue weighted by molar-refractivity contribution is -0.157. The highest BCUT2D eigenvalue weighted by atomic mass is 16.5. The number of hydrazine groups is 1. The van der Waals surface area contributed by atoms with Gasteiger partial charge in [0.05, 0.1) is 12.0 Å². The first-order valence-corrected chi connectivity index (χ1v) is 14.2. The molecular formula is C30H44N4O6. The van der Waals surface area contributed by atoms with Gasteiger partial charge in [-0.25, -0.2) is 5.43 Å². The molecule has 1 aromatic carbocycles. The summed E-state index contributed by atoms with van der Waals surface area (Å²) >= 11 is 0. The van der Waals surface area contributed by atoms with Crippen LogP contribution in [0.2, 0.25) is 0 Å². The number of nitrogens with zero attached hydrogens (tertiary/aromatic N) is 1. The Morgan fingerprint density at radius 1 is 1.02 bits per heavy atom. The minimum Gasteiger partial charge on any atom is -0.457 e. The van der Waals surface area contributed by atoms with E-state index in [4.69, 9.17) is 9.47 Å². The van der Waals surface area contributed by atoms with E-state index in [9.17, 15) is 19.2 Å². The number of nitrogens with one attached hydrogen (secondary N) is 3. The van der Waals surface area contributed by atoms with Gasteiger partial charge in [0.2, 0.25) is 11.8 Å². The quantitative estimate of drug-likeness (QED) is 0.478. The number of hydrogen-bond acceptors (Lipinski definition) is 7. The van der Waals surface area contributed by atoms with Crippen LogP contribution in [0.5, 0.6) is 0 Å². The van der Waals surface area contributed by atoms with Gasteiger partial charge in [-0.2, -0.15) is 0 Å². The monoisotopic (exact) mass is 556 g/mol. The first-order valence-electron chi connectivity index (χ1n) is 14.2. The van der Waals surface area contributed by atoms with Gasteiger partial charge in [0.15, 0.2) is 0 Å². The summed E-state index contributed by atoms with van der Waals surface area (Å²) in [6.45, 7) is 9.27. The Labute approximate surface area is 237 Å². The standard InChI is InChI=1S/C30H44N4O6/c1-18(2)26-28(36)31-20(4)29(37)34-16-10-14-24(33-34)30(38)40-21(5)23-13-9-12-22(17-23)11-7-8-15-25(39-6)19(3)27(35)32-26/h7,9,11-13,17-21,24-26,33H,8,10,14-16H2,1-6H3,(H,31,36)(H,32,35). The van der Waals surface area contributed by atoms with E-state index in [0.29, 0.717) is 32.2 Å². The molecule has 1 fully saturated rings. The third kappa shape index (κ3) is 8.14. The van der Waals surface area contributed by atoms with Crippen LogP contribution in [-0.4, -0.2) is 66.6 Å². The van der Waals surface area contributed by atoms with Crippen LogP contribution in [0.25, 0.3) is 6.08 Å². The molecular weight excluding hydrogens is 512 g/mol. The second-order valence-corrected chi connectivity index (χ2v) is 11.1. The van der Waals surface area contributed by atoms with E-state index in [-0.39, 0.29) is 23.8 Å². The maximum Gasteiger partial charge on any atom is 0.325 e. The molecule has 220 valence electrons. The second-order valence-electron chi connectivity index (χ2n) is 11.1. The summed E-state index contributed by atoms with van der Waals surface area (Å²) in [5.41, 5.74) is 4.81. The molecule has 2 aliphatic heterocycles. The number of allylic oxidation sites excluding steroid dienone is 1. The fraction of sp³-hybridized carbons (Fsp3) is 0.600. The minimum absolute atomic E-state index is 0.210. The van der Waals surface area contributed by atoms with E-state index < -0.39 is 42.0 Å². The zero-order valence-corrected chi connectivity index (χ0v) is 24.4. The smallest absolute Gasteiger partial charge is 0.325 e. The summed E-state index contributed by atoms with van der Waals surface area (Å²) in [6, 6.07) is 5.40. The van der Waals surface area contributed by atoms with Crippen molar-refractivity contribution in [2.75, 3.05) is 13.7 Å². The topological polar surface area (TPSA) is 126 Å². The lowest BCUT2D eigenvalue weighted by atomic mass is 9.96. The molecule has 0 aliphatic carbocycles. The number of carbonyl (C=O) groups excluding carboxylic acids is 4. The largest absolute Gasteiger partial charge is 0.457 e. The number of benzene rings is 1. The van der Waals surface area contributed by atoms with Crippen molar-refractivity contribution in [3.8, 4) is 0 Å². The molecule has 2 heterocycles. The van der Waals surface area contributed by atoms with Crippen LogP contribution >= 0.6 is 0 Å². The number of esters is 1. The van der Waals surface area contributed by atoms with Gasteiger partial charge >= 0.3 is 5.97 Å². The van der Waals surface area contributed by atoms with E-state index in [1.165, 1.54) is 5.01 Å². The average Bonchev–Trinajstić information content (AvgIpc) is 2.94. The van der Waals surface area contributed by atoms with Crippen molar-refractivity contribution < 1.29 is 28.7 Å². The van der Waals surface area contributed by atoms with E-state index in [1.54, 1.807) is 21.0 Å². The molecule has 0 aromatic heterocycles. The molecule has 6 unspecified atom stereocenters. The van der Waals surface area contributed by atoms with Gasteiger partial charge in [0.1, 0.15) is 24.2 Å². The second kappa shape index (κ2) is 14.4. The van der Waals surface area contributed by atoms with Crippen LogP contribution in [0, 0.1) is 11.8 Å². The number of carbonyl (C=O) groups is 4. The van der Waals surface area contributed by atoms with E-state index in [2.05, 4.69) is 16.1 Å². The van der Waals surface area contributed by atoms with Gasteiger partial charge < -0.3 is 20.1 Å². The van der Waals surface area contributed by atoms with Gasteiger partial charge in [-0.1, -0.05) is 51.1 Å². The van der Waals surface area contributed by atoms with Crippen molar-refractivity contribution in [3.63, 3.8) is 0 Å². The molecule has 3 N–H and O–H groups in total. The summed E-state index contributed by atoms with van der Waals surface area (Å²) in [6.07, 6.45) is 5.64. The summed E-state index contributed by atoms with van der Waals surface area (Å²) in [7, 11) is 1.58. The molecule has 40 heavy (non-hydrogen) atoms. The zero-order valence-electron chi connectivity index (χ0n) is 24.4. The fourth-order valence-electron chi connectivity index (χ4n) is 4.99. The molecule has 0 saturated carbocycles. The Morgan fingerprint density at radius 3 is 2.48 bits per heavy atom. The SMILES string of the molecule is COC1CCC=Cc2cccc(c2)C(C)OC(=O)C2CCCN(N2)C(=O)C(C)NC(=O)C(C(C)C)NC(=O)C1C. The predicted molar refractivity (Wildman–Crippen MR) is 151 cm³/mol. The Kier molecular flexibility index (Phi) is 11.3. The Hall–Kier alpha value is -3.24. The molecule has 2 aliphatic rings. The molecule has 1 saturated heterocycles. The first kappa shape index (κ1) is 31.3. The van der Waals surface area contributed by atoms with Crippen LogP contribution in [0.1, 0.15) is 77.5 Å². The van der Waals surface area contributed by atoms with Gasteiger partial charge in [-0.05, 0) is 62.6 Å². The van der Waals surface area contributed by atoms with Crippen molar-refractivity contribution in [1.82, 2.24) is 21.1 Å². The van der Waals surface area contributed by atoms with E-state index in [1.807, 2.05) is 57.2 Å². The molecule has 0 spiro atoms. The summed E-state index contributed by atoms with van der Waals surface area (Å²) in [4.78, 5) is 52.5. The van der Waals surface area contributed by atoms with Crippen molar-refractivity contribution in [2.24, 2.45) is 11.8 Å². The molecule has 3 rings (SSSR count). The van der Waals surface area contributed by atoms with Crippen LogP contribution in [0.4, 0.5) is 0 Å². The fourth-order valence-corrected chi connectivity index (χ4v) is 4.99. The maximum atomic E-state index is 13.2. The number of amides is 3. The molecule has 1 aromatic rings. The van der Waals surface area contributed by atoms with Gasteiger partial charge in [0, 0.05) is 13.7 Å². The number of fused-ring (bicyclic) bond motifs is 4. The number of cyclic esters (lactones) is 1. The molecule has 4 bridgehead atoms. The molecule has 10 nitrogen and oxygen atoms in total. The van der Waals surface area contributed by atoms with Gasteiger partial charge in [-0.15, -0.1) is 0 Å². The van der Waals surface area contributed by atoms with E-state index in [0.717, 1.165) is 11.1 Å². The van der Waals surface area contributed by atoms with Crippen molar-refractivity contribution in [2.45, 2.75) is 90.6 Å². The number of methoxy groups -OCH3 is 1. The molecule has 0 radical (unpaired) electrons. The number of hydrogen-bond donors (Lipinski definition) is 3. The molecule has 10 heteroatoms. The van der Waals surface area contributed by atoms with Gasteiger partial charge in [-0.3, -0.25) is 24.2 Å². The number of ether oxygens (including phenoxy) is 2. The van der Waals surface area contributed by atoms with Crippen molar-refractivity contribution >= 4 is 29.8 Å². The molecule has 3 amide bonds. The molecule has 6 atom stereocenters. The van der Waals surface area contributed by atoms with Crippen LogP contribution in [0.15, 0.2) is 30.3 Å².